The second-order valence-electron chi connectivity index (χ2n) is 4.70. The molecule has 0 fully saturated rings. The smallest absolute Gasteiger partial charge is 0.370 e. The van der Waals surface area contributed by atoms with Crippen molar-refractivity contribution in [3.63, 3.8) is 0 Å². The lowest BCUT2D eigenvalue weighted by atomic mass is 10.1. The van der Waals surface area contributed by atoms with Crippen LogP contribution in [-0.4, -0.2) is 38.3 Å². The van der Waals surface area contributed by atoms with Gasteiger partial charge in [-0.1, -0.05) is 12.1 Å². The van der Waals surface area contributed by atoms with E-state index >= 15 is 0 Å². The number of carbonyl (C=O) groups excluding carboxylic acids is 1. The Kier molecular flexibility index (Phi) is 4.65. The van der Waals surface area contributed by atoms with E-state index < -0.39 is 12.8 Å². The Hall–Kier alpha value is -1.56. The highest BCUT2D eigenvalue weighted by atomic mass is 19.4. The van der Waals surface area contributed by atoms with E-state index in [1.165, 1.54) is 0 Å². The Morgan fingerprint density at radius 2 is 2.00 bits per heavy atom. The fourth-order valence-corrected chi connectivity index (χ4v) is 2.27. The van der Waals surface area contributed by atoms with Gasteiger partial charge in [0.1, 0.15) is 6.61 Å². The molecule has 0 atom stereocenters. The molecule has 1 aromatic rings. The number of anilines is 1. The number of alkyl halides is 3. The van der Waals surface area contributed by atoms with Crippen LogP contribution in [0.4, 0.5) is 18.9 Å². The van der Waals surface area contributed by atoms with Crippen molar-refractivity contribution in [3.05, 3.63) is 29.8 Å². The van der Waals surface area contributed by atoms with Crippen molar-refractivity contribution < 1.29 is 22.7 Å². The monoisotopic (exact) mass is 287 g/mol. The summed E-state index contributed by atoms with van der Waals surface area (Å²) in [6.45, 7) is -0.248. The van der Waals surface area contributed by atoms with Gasteiger partial charge in [0.2, 0.25) is 0 Å². The van der Waals surface area contributed by atoms with Crippen molar-refractivity contribution >= 4 is 11.5 Å². The van der Waals surface area contributed by atoms with Crippen molar-refractivity contribution in [1.29, 1.82) is 0 Å². The summed E-state index contributed by atoms with van der Waals surface area (Å²) in [7, 11) is 0. The Labute approximate surface area is 115 Å². The Balaban J connectivity index is 1.98. The lowest BCUT2D eigenvalue weighted by Gasteiger charge is -2.24. The maximum absolute atomic E-state index is 12.0. The molecule has 20 heavy (non-hydrogen) atoms. The SMILES string of the molecule is O=C1CCCN(CCOCC(F)(F)F)c2ccccc21. The number of hydrogen-bond donors (Lipinski definition) is 0. The third-order valence-corrected chi connectivity index (χ3v) is 3.15. The molecule has 0 bridgehead atoms. The fraction of sp³-hybridized carbons (Fsp3) is 0.500. The number of ether oxygens (including phenoxy) is 1. The summed E-state index contributed by atoms with van der Waals surface area (Å²) in [5.41, 5.74) is 1.42. The third-order valence-electron chi connectivity index (χ3n) is 3.15. The van der Waals surface area contributed by atoms with Crippen LogP contribution < -0.4 is 4.90 Å². The van der Waals surface area contributed by atoms with E-state index in [0.29, 0.717) is 31.5 Å². The minimum Gasteiger partial charge on any atom is -0.370 e. The largest absolute Gasteiger partial charge is 0.411 e. The first kappa shape index (κ1) is 14.8. The summed E-state index contributed by atoms with van der Waals surface area (Å²) in [6.07, 6.45) is -3.13. The lowest BCUT2D eigenvalue weighted by Crippen LogP contribution is -2.29. The van der Waals surface area contributed by atoms with E-state index in [4.69, 9.17) is 0 Å². The Bertz CT molecular complexity index is 474. The maximum atomic E-state index is 12.0. The summed E-state index contributed by atoms with van der Waals surface area (Å²) in [4.78, 5) is 13.8. The van der Waals surface area contributed by atoms with Crippen molar-refractivity contribution in [2.24, 2.45) is 0 Å². The summed E-state index contributed by atoms with van der Waals surface area (Å²) < 4.78 is 40.6. The number of halogens is 3. The fourth-order valence-electron chi connectivity index (χ4n) is 2.27. The second-order valence-corrected chi connectivity index (χ2v) is 4.70. The first-order valence-electron chi connectivity index (χ1n) is 6.49. The molecule has 0 saturated heterocycles. The van der Waals surface area contributed by atoms with Gasteiger partial charge in [-0.25, -0.2) is 0 Å². The molecule has 0 aliphatic carbocycles. The Morgan fingerprint density at radius 3 is 2.75 bits per heavy atom. The van der Waals surface area contributed by atoms with Crippen LogP contribution in [0.25, 0.3) is 0 Å². The van der Waals surface area contributed by atoms with Crippen molar-refractivity contribution in [3.8, 4) is 0 Å². The first-order valence-corrected chi connectivity index (χ1v) is 6.49. The number of hydrogen-bond acceptors (Lipinski definition) is 3. The third kappa shape index (κ3) is 3.96. The molecule has 0 spiro atoms. The van der Waals surface area contributed by atoms with Crippen LogP contribution in [0.3, 0.4) is 0 Å². The van der Waals surface area contributed by atoms with E-state index in [-0.39, 0.29) is 12.4 Å². The standard InChI is InChI=1S/C14H16F3NO2/c15-14(16,17)10-20-9-8-18-7-3-6-13(19)11-4-1-2-5-12(11)18/h1-2,4-5H,3,6-10H2. The van der Waals surface area contributed by atoms with Gasteiger partial charge in [0.25, 0.3) is 0 Å². The normalized spacial score (nSPS) is 15.9. The number of nitrogens with zero attached hydrogens (tertiary/aromatic N) is 1. The van der Waals surface area contributed by atoms with Crippen molar-refractivity contribution in [1.82, 2.24) is 0 Å². The molecule has 110 valence electrons. The lowest BCUT2D eigenvalue weighted by molar-refractivity contribution is -0.173. The molecule has 0 aromatic heterocycles. The first-order chi connectivity index (χ1) is 9.47. The van der Waals surface area contributed by atoms with Gasteiger partial charge in [-0.05, 0) is 18.6 Å². The molecule has 0 unspecified atom stereocenters. The van der Waals surface area contributed by atoms with Crippen LogP contribution in [0.15, 0.2) is 24.3 Å². The minimum absolute atomic E-state index is 0.0119. The highest BCUT2D eigenvalue weighted by Gasteiger charge is 2.27. The van der Waals surface area contributed by atoms with Crippen molar-refractivity contribution in [2.45, 2.75) is 19.0 Å². The van der Waals surface area contributed by atoms with Gasteiger partial charge in [-0.3, -0.25) is 4.79 Å². The van der Waals surface area contributed by atoms with Crippen LogP contribution in [0.2, 0.25) is 0 Å². The van der Waals surface area contributed by atoms with Gasteiger partial charge in [0.15, 0.2) is 5.78 Å². The molecular weight excluding hydrogens is 271 g/mol. The zero-order valence-electron chi connectivity index (χ0n) is 10.9. The molecule has 3 nitrogen and oxygen atoms in total. The number of ketones is 1. The van der Waals surface area contributed by atoms with Gasteiger partial charge in [-0.2, -0.15) is 13.2 Å². The summed E-state index contributed by atoms with van der Waals surface area (Å²) >= 11 is 0. The van der Waals surface area contributed by atoms with Crippen LogP contribution in [0, 0.1) is 0 Å². The number of fused-ring (bicyclic) bond motifs is 1. The van der Waals surface area contributed by atoms with Crippen LogP contribution in [0.5, 0.6) is 0 Å². The van der Waals surface area contributed by atoms with E-state index in [0.717, 1.165) is 5.69 Å². The highest BCUT2D eigenvalue weighted by molar-refractivity contribution is 6.01. The number of rotatable bonds is 4. The predicted octanol–water partition coefficient (Wildman–Crippen LogP) is 3.05. The van der Waals surface area contributed by atoms with Gasteiger partial charge < -0.3 is 9.64 Å². The summed E-state index contributed by atoms with van der Waals surface area (Å²) in [5, 5.41) is 0. The number of benzene rings is 1. The van der Waals surface area contributed by atoms with Gasteiger partial charge in [0, 0.05) is 30.8 Å². The topological polar surface area (TPSA) is 29.5 Å². The average molecular weight is 287 g/mol. The maximum Gasteiger partial charge on any atom is 0.411 e. The van der Waals surface area contributed by atoms with E-state index in [2.05, 4.69) is 4.74 Å². The van der Waals surface area contributed by atoms with Crippen LogP contribution >= 0.6 is 0 Å². The van der Waals surface area contributed by atoms with Crippen LogP contribution in [0.1, 0.15) is 23.2 Å². The van der Waals surface area contributed by atoms with Crippen LogP contribution in [-0.2, 0) is 4.74 Å². The van der Waals surface area contributed by atoms with E-state index in [1.807, 2.05) is 17.0 Å². The molecule has 1 aliphatic rings. The van der Waals surface area contributed by atoms with E-state index in [1.54, 1.807) is 12.1 Å². The minimum atomic E-state index is -4.30. The number of para-hydroxylation sites is 1. The molecule has 0 radical (unpaired) electrons. The number of carbonyl (C=O) groups is 1. The molecular formula is C14H16F3NO2. The quantitative estimate of drug-likeness (QED) is 0.797. The molecule has 1 aliphatic heterocycles. The molecule has 0 N–H and O–H groups in total. The molecule has 2 rings (SSSR count). The van der Waals surface area contributed by atoms with Gasteiger partial charge in [0.05, 0.1) is 6.61 Å². The second kappa shape index (κ2) is 6.26. The van der Waals surface area contributed by atoms with E-state index in [9.17, 15) is 18.0 Å². The zero-order valence-corrected chi connectivity index (χ0v) is 10.9. The number of Topliss-reactive ketones (excluding diaryl/α,β-unsaturated/α-hetero) is 1. The molecule has 0 amide bonds. The average Bonchev–Trinajstić information content (AvgIpc) is 2.54. The zero-order chi connectivity index (χ0) is 14.6. The molecule has 6 heteroatoms. The predicted molar refractivity (Wildman–Crippen MR) is 69.1 cm³/mol. The summed E-state index contributed by atoms with van der Waals surface area (Å²) in [6, 6.07) is 7.19. The van der Waals surface area contributed by atoms with Gasteiger partial charge >= 0.3 is 6.18 Å². The highest BCUT2D eigenvalue weighted by Crippen LogP contribution is 2.25. The Morgan fingerprint density at radius 1 is 1.25 bits per heavy atom. The van der Waals surface area contributed by atoms with Gasteiger partial charge in [-0.15, -0.1) is 0 Å². The van der Waals surface area contributed by atoms with Crippen molar-refractivity contribution in [2.75, 3.05) is 31.2 Å². The molecule has 0 saturated carbocycles. The summed E-state index contributed by atoms with van der Waals surface area (Å²) in [5.74, 6) is 0.0827. The molecule has 1 aromatic carbocycles. The molecule has 1 heterocycles.